The van der Waals surface area contributed by atoms with Crippen molar-refractivity contribution in [1.29, 1.82) is 4.78 Å². The van der Waals surface area contributed by atoms with Crippen LogP contribution >= 0.6 is 0 Å². The largest absolute Gasteiger partial charge is 0.381 e. The zero-order valence-corrected chi connectivity index (χ0v) is 8.39. The average molecular weight is 192 g/mol. The van der Waals surface area contributed by atoms with Gasteiger partial charge in [-0.05, 0) is 12.8 Å². The van der Waals surface area contributed by atoms with Gasteiger partial charge >= 0.3 is 0 Å². The topological polar surface area (TPSA) is 53.4 Å². The third-order valence-corrected chi connectivity index (χ3v) is 3.58. The number of hydrogen-bond donors (Lipinski definition) is 1. The molecule has 5 heteroatoms. The van der Waals surface area contributed by atoms with Crippen molar-refractivity contribution in [3.05, 3.63) is 0 Å². The van der Waals surface area contributed by atoms with E-state index in [2.05, 4.69) is 0 Å². The van der Waals surface area contributed by atoms with Gasteiger partial charge < -0.3 is 4.74 Å². The highest BCUT2D eigenvalue weighted by atomic mass is 32.2. The minimum absolute atomic E-state index is 0.294. The molecule has 0 aromatic carbocycles. The summed E-state index contributed by atoms with van der Waals surface area (Å²) < 4.78 is 25.5. The lowest BCUT2D eigenvalue weighted by atomic mass is 10.1. The first-order chi connectivity index (χ1) is 5.54. The molecule has 0 radical (unpaired) electrons. The molecule has 0 aromatic heterocycles. The SMILES string of the molecule is COC1CCN(S(C)(=N)=O)CC1. The quantitative estimate of drug-likeness (QED) is 0.700. The summed E-state index contributed by atoms with van der Waals surface area (Å²) in [5, 5.41) is 0. The van der Waals surface area contributed by atoms with E-state index in [1.54, 1.807) is 11.4 Å². The highest BCUT2D eigenvalue weighted by Crippen LogP contribution is 2.15. The van der Waals surface area contributed by atoms with Crippen molar-refractivity contribution in [2.24, 2.45) is 0 Å². The second kappa shape index (κ2) is 3.72. The number of rotatable bonds is 2. The van der Waals surface area contributed by atoms with Gasteiger partial charge in [-0.3, -0.25) is 0 Å². The predicted molar refractivity (Wildman–Crippen MR) is 48.4 cm³/mol. The number of hydrogen-bond acceptors (Lipinski definition) is 3. The predicted octanol–water partition coefficient (Wildman–Crippen LogP) is 0.689. The van der Waals surface area contributed by atoms with Crippen molar-refractivity contribution in [1.82, 2.24) is 4.31 Å². The van der Waals surface area contributed by atoms with E-state index < -0.39 is 9.92 Å². The van der Waals surface area contributed by atoms with Gasteiger partial charge in [0.1, 0.15) is 9.92 Å². The molecule has 1 N–H and O–H groups in total. The summed E-state index contributed by atoms with van der Waals surface area (Å²) >= 11 is 0. The van der Waals surface area contributed by atoms with E-state index in [9.17, 15) is 4.21 Å². The molecule has 0 spiro atoms. The Kier molecular flexibility index (Phi) is 3.09. The smallest absolute Gasteiger partial charge is 0.104 e. The first kappa shape index (κ1) is 9.95. The van der Waals surface area contributed by atoms with Crippen molar-refractivity contribution in [3.63, 3.8) is 0 Å². The summed E-state index contributed by atoms with van der Waals surface area (Å²) in [7, 11) is -0.781. The first-order valence-electron chi connectivity index (χ1n) is 4.05. The van der Waals surface area contributed by atoms with E-state index in [4.69, 9.17) is 9.52 Å². The molecule has 1 saturated heterocycles. The second-order valence-corrected chi connectivity index (χ2v) is 5.29. The van der Waals surface area contributed by atoms with Crippen molar-refractivity contribution < 1.29 is 8.95 Å². The fourth-order valence-electron chi connectivity index (χ4n) is 1.42. The van der Waals surface area contributed by atoms with Crippen molar-refractivity contribution in [2.45, 2.75) is 18.9 Å². The Morgan fingerprint density at radius 1 is 1.50 bits per heavy atom. The van der Waals surface area contributed by atoms with Crippen LogP contribution in [0.1, 0.15) is 12.8 Å². The molecule has 12 heavy (non-hydrogen) atoms. The molecule has 1 aliphatic heterocycles. The van der Waals surface area contributed by atoms with Crippen LogP contribution in [0.3, 0.4) is 0 Å². The maximum absolute atomic E-state index is 11.3. The maximum atomic E-state index is 11.3. The van der Waals surface area contributed by atoms with Gasteiger partial charge in [-0.15, -0.1) is 0 Å². The molecule has 1 fully saturated rings. The Hall–Kier alpha value is -0.130. The summed E-state index contributed by atoms with van der Waals surface area (Å²) in [5.41, 5.74) is 0. The lowest BCUT2D eigenvalue weighted by Crippen LogP contribution is -2.39. The van der Waals surface area contributed by atoms with E-state index in [1.807, 2.05) is 0 Å². The number of piperidine rings is 1. The van der Waals surface area contributed by atoms with Gasteiger partial charge in [0.2, 0.25) is 0 Å². The Morgan fingerprint density at radius 2 is 2.00 bits per heavy atom. The zero-order valence-electron chi connectivity index (χ0n) is 7.58. The molecule has 72 valence electrons. The van der Waals surface area contributed by atoms with Crippen LogP contribution in [-0.2, 0) is 14.7 Å². The summed E-state index contributed by atoms with van der Waals surface area (Å²) in [6, 6.07) is 0. The van der Waals surface area contributed by atoms with E-state index in [0.29, 0.717) is 6.10 Å². The second-order valence-electron chi connectivity index (χ2n) is 3.17. The lowest BCUT2D eigenvalue weighted by Gasteiger charge is -2.30. The molecule has 1 atom stereocenters. The number of nitrogens with one attached hydrogen (secondary N) is 1. The van der Waals surface area contributed by atoms with Gasteiger partial charge in [0.25, 0.3) is 0 Å². The minimum Gasteiger partial charge on any atom is -0.381 e. The normalized spacial score (nSPS) is 26.8. The van der Waals surface area contributed by atoms with Gasteiger partial charge in [-0.1, -0.05) is 0 Å². The third-order valence-electron chi connectivity index (χ3n) is 2.23. The van der Waals surface area contributed by atoms with Gasteiger partial charge in [-0.2, -0.15) is 0 Å². The van der Waals surface area contributed by atoms with Gasteiger partial charge in [-0.25, -0.2) is 13.3 Å². The van der Waals surface area contributed by atoms with Gasteiger partial charge in [0.05, 0.1) is 6.10 Å². The van der Waals surface area contributed by atoms with Crippen molar-refractivity contribution in [2.75, 3.05) is 26.5 Å². The summed E-state index contributed by atoms with van der Waals surface area (Å²) in [6.07, 6.45) is 3.54. The fourth-order valence-corrected chi connectivity index (χ4v) is 2.32. The number of nitrogens with zero attached hydrogens (tertiary/aromatic N) is 1. The van der Waals surface area contributed by atoms with Crippen LogP contribution in [0, 0.1) is 4.78 Å². The summed E-state index contributed by atoms with van der Waals surface area (Å²) in [5.74, 6) is 0. The van der Waals surface area contributed by atoms with Crippen LogP contribution in [0.15, 0.2) is 0 Å². The van der Waals surface area contributed by atoms with Crippen LogP contribution in [0.2, 0.25) is 0 Å². The standard InChI is InChI=1S/C7H16N2O2S/c1-11-7-3-5-9(6-4-7)12(2,8)10/h7-8H,3-6H2,1-2H3. The Bertz CT molecular complexity index is 230. The highest BCUT2D eigenvalue weighted by Gasteiger charge is 2.22. The van der Waals surface area contributed by atoms with Crippen LogP contribution in [0.25, 0.3) is 0 Å². The molecule has 0 saturated carbocycles. The van der Waals surface area contributed by atoms with E-state index in [0.717, 1.165) is 25.9 Å². The van der Waals surface area contributed by atoms with Gasteiger partial charge in [0, 0.05) is 26.5 Å². The molecule has 1 aliphatic rings. The third kappa shape index (κ3) is 2.43. The monoisotopic (exact) mass is 192 g/mol. The average Bonchev–Trinajstić information content (AvgIpc) is 2.03. The van der Waals surface area contributed by atoms with Crippen molar-refractivity contribution in [3.8, 4) is 0 Å². The van der Waals surface area contributed by atoms with E-state index in [-0.39, 0.29) is 0 Å². The van der Waals surface area contributed by atoms with Crippen LogP contribution in [0.5, 0.6) is 0 Å². The molecule has 1 rings (SSSR count). The van der Waals surface area contributed by atoms with Crippen LogP contribution in [0.4, 0.5) is 0 Å². The molecular formula is C7H16N2O2S. The maximum Gasteiger partial charge on any atom is 0.104 e. The zero-order chi connectivity index (χ0) is 9.19. The number of ether oxygens (including phenoxy) is 1. The molecule has 0 bridgehead atoms. The Morgan fingerprint density at radius 3 is 2.33 bits per heavy atom. The lowest BCUT2D eigenvalue weighted by molar-refractivity contribution is 0.0612. The number of methoxy groups -OCH3 is 1. The minimum atomic E-state index is -2.48. The molecule has 0 aliphatic carbocycles. The van der Waals surface area contributed by atoms with E-state index >= 15 is 0 Å². The summed E-state index contributed by atoms with van der Waals surface area (Å²) in [6.45, 7) is 1.44. The Labute approximate surface area is 74.0 Å². The molecule has 0 amide bonds. The molecule has 0 aromatic rings. The van der Waals surface area contributed by atoms with E-state index in [1.165, 1.54) is 6.26 Å². The molecule has 1 unspecified atom stereocenters. The van der Waals surface area contributed by atoms with Crippen LogP contribution in [-0.4, -0.2) is 41.1 Å². The fraction of sp³-hybridized carbons (Fsp3) is 1.00. The first-order valence-corrected chi connectivity index (χ1v) is 5.98. The molecule has 4 nitrogen and oxygen atoms in total. The molecule has 1 heterocycles. The Balaban J connectivity index is 2.47. The highest BCUT2D eigenvalue weighted by molar-refractivity contribution is 7.89. The van der Waals surface area contributed by atoms with Crippen LogP contribution < -0.4 is 0 Å². The molecular weight excluding hydrogens is 176 g/mol. The summed E-state index contributed by atoms with van der Waals surface area (Å²) in [4.78, 5) is 0. The van der Waals surface area contributed by atoms with Gasteiger partial charge in [0.15, 0.2) is 0 Å². The van der Waals surface area contributed by atoms with Crippen molar-refractivity contribution >= 4 is 9.92 Å².